The lowest BCUT2D eigenvalue weighted by molar-refractivity contribution is 0.251. The predicted octanol–water partition coefficient (Wildman–Crippen LogP) is 4.43. The fourth-order valence-corrected chi connectivity index (χ4v) is 4.08. The quantitative estimate of drug-likeness (QED) is 0.715. The summed E-state index contributed by atoms with van der Waals surface area (Å²) < 4.78 is 11.7. The molecule has 0 bridgehead atoms. The molecule has 0 aliphatic heterocycles. The van der Waals surface area contributed by atoms with E-state index in [2.05, 4.69) is 15.6 Å². The van der Waals surface area contributed by atoms with Gasteiger partial charge in [-0.2, -0.15) is 0 Å². The summed E-state index contributed by atoms with van der Waals surface area (Å²) >= 11 is 13.1. The van der Waals surface area contributed by atoms with Crippen LogP contribution >= 0.6 is 34.5 Å². The monoisotopic (exact) mass is 405 g/mol. The zero-order chi connectivity index (χ0) is 17.5. The summed E-state index contributed by atoms with van der Waals surface area (Å²) in [6.45, 7) is 2.31. The predicted molar refractivity (Wildman–Crippen MR) is 101 cm³/mol. The number of nitrogens with zero attached hydrogens (tertiary/aromatic N) is 1. The molecule has 0 saturated carbocycles. The molecule has 130 valence electrons. The number of anilines is 1. The summed E-state index contributed by atoms with van der Waals surface area (Å²) in [7, 11) is -0.910. The SMILES string of the molecule is CCCS(=O)Cc1csc(NC(=O)NCc2ccc(Cl)c(Cl)c2)n1. The van der Waals surface area contributed by atoms with Gasteiger partial charge in [-0.25, -0.2) is 9.78 Å². The average molecular weight is 406 g/mol. The Labute approximate surface area is 157 Å². The second kappa shape index (κ2) is 9.36. The van der Waals surface area contributed by atoms with Gasteiger partial charge in [-0.1, -0.05) is 36.2 Å². The van der Waals surface area contributed by atoms with Crippen LogP contribution in [-0.2, 0) is 23.1 Å². The van der Waals surface area contributed by atoms with Crippen molar-refractivity contribution in [1.29, 1.82) is 0 Å². The van der Waals surface area contributed by atoms with Crippen molar-refractivity contribution < 1.29 is 9.00 Å². The Morgan fingerprint density at radius 2 is 2.12 bits per heavy atom. The van der Waals surface area contributed by atoms with Crippen LogP contribution in [0.5, 0.6) is 0 Å². The summed E-state index contributed by atoms with van der Waals surface area (Å²) in [5.74, 6) is 1.07. The lowest BCUT2D eigenvalue weighted by atomic mass is 10.2. The van der Waals surface area contributed by atoms with Crippen molar-refractivity contribution >= 4 is 56.5 Å². The maximum atomic E-state index is 11.9. The van der Waals surface area contributed by atoms with Crippen LogP contribution in [0.15, 0.2) is 23.6 Å². The minimum absolute atomic E-state index is 0.321. The Morgan fingerprint density at radius 1 is 1.33 bits per heavy atom. The van der Waals surface area contributed by atoms with E-state index >= 15 is 0 Å². The van der Waals surface area contributed by atoms with Gasteiger partial charge in [0, 0.05) is 28.5 Å². The number of urea groups is 1. The molecule has 0 radical (unpaired) electrons. The molecule has 0 fully saturated rings. The number of hydrogen-bond acceptors (Lipinski definition) is 4. The highest BCUT2D eigenvalue weighted by atomic mass is 35.5. The number of aromatic nitrogens is 1. The standard InChI is InChI=1S/C15H17Cl2N3O2S2/c1-2-5-24(22)9-11-8-23-15(19-11)20-14(21)18-7-10-3-4-12(16)13(17)6-10/h3-4,6,8H,2,5,7,9H2,1H3,(H2,18,19,20,21). The van der Waals surface area contributed by atoms with Crippen LogP contribution < -0.4 is 10.6 Å². The van der Waals surface area contributed by atoms with Crippen LogP contribution in [-0.4, -0.2) is 21.0 Å². The summed E-state index contributed by atoms with van der Waals surface area (Å²) in [5.41, 5.74) is 1.57. The molecule has 2 aromatic rings. The topological polar surface area (TPSA) is 71.1 Å². The van der Waals surface area contributed by atoms with E-state index < -0.39 is 10.8 Å². The van der Waals surface area contributed by atoms with Crippen LogP contribution in [0.3, 0.4) is 0 Å². The van der Waals surface area contributed by atoms with Gasteiger partial charge in [0.2, 0.25) is 0 Å². The Hall–Kier alpha value is -1.15. The van der Waals surface area contributed by atoms with Crippen molar-refractivity contribution in [3.8, 4) is 0 Å². The minimum Gasteiger partial charge on any atom is -0.334 e. The lowest BCUT2D eigenvalue weighted by Crippen LogP contribution is -2.28. The molecule has 5 nitrogen and oxygen atoms in total. The first kappa shape index (κ1) is 19.2. The number of carbonyl (C=O) groups excluding carboxylic acids is 1. The van der Waals surface area contributed by atoms with Crippen molar-refractivity contribution in [2.75, 3.05) is 11.1 Å². The molecular weight excluding hydrogens is 389 g/mol. The van der Waals surface area contributed by atoms with Gasteiger partial charge in [-0.15, -0.1) is 11.3 Å². The summed E-state index contributed by atoms with van der Waals surface area (Å²) in [4.78, 5) is 16.2. The lowest BCUT2D eigenvalue weighted by Gasteiger charge is -2.06. The number of thiazole rings is 1. The molecular formula is C15H17Cl2N3O2S2. The number of nitrogens with one attached hydrogen (secondary N) is 2. The number of rotatable bonds is 7. The number of benzene rings is 1. The first-order valence-electron chi connectivity index (χ1n) is 7.26. The van der Waals surface area contributed by atoms with Gasteiger partial charge in [-0.05, 0) is 24.1 Å². The van der Waals surface area contributed by atoms with Gasteiger partial charge < -0.3 is 5.32 Å². The van der Waals surface area contributed by atoms with Crippen molar-refractivity contribution in [1.82, 2.24) is 10.3 Å². The molecule has 0 saturated heterocycles. The summed E-state index contributed by atoms with van der Waals surface area (Å²) in [6.07, 6.45) is 0.874. The van der Waals surface area contributed by atoms with Crippen LogP contribution in [0.25, 0.3) is 0 Å². The molecule has 2 N–H and O–H groups in total. The van der Waals surface area contributed by atoms with Crippen LogP contribution in [0.4, 0.5) is 9.93 Å². The number of carbonyl (C=O) groups is 1. The smallest absolute Gasteiger partial charge is 0.321 e. The van der Waals surface area contributed by atoms with E-state index in [1.807, 2.05) is 12.3 Å². The van der Waals surface area contributed by atoms with E-state index in [1.165, 1.54) is 11.3 Å². The first-order chi connectivity index (χ1) is 11.5. The van der Waals surface area contributed by atoms with E-state index in [1.54, 1.807) is 18.2 Å². The van der Waals surface area contributed by atoms with Crippen molar-refractivity contribution in [3.05, 3.63) is 44.9 Å². The Balaban J connectivity index is 1.83. The normalized spacial score (nSPS) is 12.0. The Bertz CT molecular complexity index is 737. The van der Waals surface area contributed by atoms with Gasteiger partial charge in [0.15, 0.2) is 5.13 Å². The fourth-order valence-electron chi connectivity index (χ4n) is 1.87. The van der Waals surface area contributed by atoms with Gasteiger partial charge >= 0.3 is 6.03 Å². The number of amides is 2. The fraction of sp³-hybridized carbons (Fsp3) is 0.333. The van der Waals surface area contributed by atoms with E-state index in [9.17, 15) is 9.00 Å². The third-order valence-corrected chi connectivity index (χ3v) is 5.98. The van der Waals surface area contributed by atoms with E-state index in [-0.39, 0.29) is 6.03 Å². The molecule has 1 unspecified atom stereocenters. The third kappa shape index (κ3) is 6.05. The van der Waals surface area contributed by atoms with Gasteiger partial charge in [-0.3, -0.25) is 9.53 Å². The number of halogens is 2. The molecule has 2 rings (SSSR count). The van der Waals surface area contributed by atoms with Crippen molar-refractivity contribution in [2.45, 2.75) is 25.6 Å². The van der Waals surface area contributed by atoms with E-state index in [0.29, 0.717) is 33.2 Å². The highest BCUT2D eigenvalue weighted by Crippen LogP contribution is 2.22. The zero-order valence-corrected chi connectivity index (χ0v) is 16.1. The first-order valence-corrected chi connectivity index (χ1v) is 10.4. The van der Waals surface area contributed by atoms with Crippen LogP contribution in [0.2, 0.25) is 10.0 Å². The van der Waals surface area contributed by atoms with Crippen LogP contribution in [0.1, 0.15) is 24.6 Å². The summed E-state index contributed by atoms with van der Waals surface area (Å²) in [5, 5.41) is 8.59. The van der Waals surface area contributed by atoms with Gasteiger partial charge in [0.25, 0.3) is 0 Å². The molecule has 0 aliphatic carbocycles. The van der Waals surface area contributed by atoms with Gasteiger partial charge in [0.1, 0.15) is 0 Å². The zero-order valence-electron chi connectivity index (χ0n) is 13.0. The molecule has 0 spiro atoms. The second-order valence-electron chi connectivity index (χ2n) is 4.99. The maximum absolute atomic E-state index is 11.9. The second-order valence-corrected chi connectivity index (χ2v) is 8.24. The number of hydrogen-bond donors (Lipinski definition) is 2. The molecule has 1 heterocycles. The molecule has 0 aliphatic rings. The summed E-state index contributed by atoms with van der Waals surface area (Å²) in [6, 6.07) is 4.81. The maximum Gasteiger partial charge on any atom is 0.321 e. The van der Waals surface area contributed by atoms with E-state index in [0.717, 1.165) is 17.7 Å². The molecule has 24 heavy (non-hydrogen) atoms. The molecule has 1 atom stereocenters. The van der Waals surface area contributed by atoms with Crippen molar-refractivity contribution in [3.63, 3.8) is 0 Å². The third-order valence-electron chi connectivity index (χ3n) is 2.95. The van der Waals surface area contributed by atoms with E-state index in [4.69, 9.17) is 23.2 Å². The van der Waals surface area contributed by atoms with Gasteiger partial charge in [0.05, 0.1) is 21.5 Å². The molecule has 2 amide bonds. The highest BCUT2D eigenvalue weighted by Gasteiger charge is 2.09. The minimum atomic E-state index is -0.910. The average Bonchev–Trinajstić information content (AvgIpc) is 2.95. The highest BCUT2D eigenvalue weighted by molar-refractivity contribution is 7.84. The van der Waals surface area contributed by atoms with Crippen LogP contribution in [0, 0.1) is 0 Å². The molecule has 1 aromatic carbocycles. The largest absolute Gasteiger partial charge is 0.334 e. The molecule has 1 aromatic heterocycles. The Kier molecular flexibility index (Phi) is 7.48. The van der Waals surface area contributed by atoms with Crippen molar-refractivity contribution in [2.24, 2.45) is 0 Å². The Morgan fingerprint density at radius 3 is 2.83 bits per heavy atom. The molecule has 9 heteroatoms.